The molecule has 0 radical (unpaired) electrons. The summed E-state index contributed by atoms with van der Waals surface area (Å²) in [6.45, 7) is 4.25. The Morgan fingerprint density at radius 1 is 1.27 bits per heavy atom. The van der Waals surface area contributed by atoms with Crippen LogP contribution in [0, 0.1) is 31.6 Å². The fraction of sp³-hybridized carbons (Fsp3) is 0.692. The predicted molar refractivity (Wildman–Crippen MR) is 63.1 cm³/mol. The molecule has 15 heavy (non-hydrogen) atoms. The van der Waals surface area contributed by atoms with Crippen molar-refractivity contribution < 1.29 is 5.11 Å². The molecule has 2 aliphatic carbocycles. The summed E-state index contributed by atoms with van der Waals surface area (Å²) >= 11 is 1.78. The molecule has 0 saturated heterocycles. The number of fused-ring (bicyclic) bond motifs is 1. The maximum Gasteiger partial charge on any atom is 0.0912 e. The molecule has 1 aromatic rings. The van der Waals surface area contributed by atoms with E-state index in [-0.39, 0.29) is 6.10 Å². The molecule has 3 rings (SSSR count). The predicted octanol–water partition coefficient (Wildman–Crippen LogP) is 3.44. The first-order valence-electron chi connectivity index (χ1n) is 5.90. The van der Waals surface area contributed by atoms with Crippen molar-refractivity contribution in [1.29, 1.82) is 0 Å². The summed E-state index contributed by atoms with van der Waals surface area (Å²) in [5.74, 6) is 2.47. The third-order valence-electron chi connectivity index (χ3n) is 4.07. The average Bonchev–Trinajstić information content (AvgIpc) is 2.65. The Balaban J connectivity index is 1.78. The zero-order chi connectivity index (χ0) is 10.6. The van der Waals surface area contributed by atoms with Gasteiger partial charge < -0.3 is 5.11 Å². The first kappa shape index (κ1) is 9.86. The third kappa shape index (κ3) is 1.64. The Morgan fingerprint density at radius 2 is 1.93 bits per heavy atom. The van der Waals surface area contributed by atoms with Gasteiger partial charge in [-0.2, -0.15) is 0 Å². The van der Waals surface area contributed by atoms with E-state index in [1.807, 2.05) is 0 Å². The Morgan fingerprint density at radius 3 is 2.47 bits per heavy atom. The Labute approximate surface area is 95.1 Å². The molecule has 1 N–H and O–H groups in total. The molecule has 1 nitrogen and oxygen atoms in total. The van der Waals surface area contributed by atoms with E-state index in [1.54, 1.807) is 11.3 Å². The number of hydrogen-bond donors (Lipinski definition) is 1. The van der Waals surface area contributed by atoms with Gasteiger partial charge in [-0.25, -0.2) is 0 Å². The second-order valence-corrected chi connectivity index (χ2v) is 6.62. The minimum absolute atomic E-state index is 0.184. The van der Waals surface area contributed by atoms with Crippen molar-refractivity contribution in [3.8, 4) is 0 Å². The molecule has 0 spiro atoms. The van der Waals surface area contributed by atoms with E-state index in [9.17, 15) is 5.11 Å². The number of hydrogen-bond acceptors (Lipinski definition) is 2. The van der Waals surface area contributed by atoms with Crippen LogP contribution < -0.4 is 0 Å². The molecular weight excluding hydrogens is 204 g/mol. The van der Waals surface area contributed by atoms with Crippen molar-refractivity contribution in [1.82, 2.24) is 0 Å². The van der Waals surface area contributed by atoms with Crippen molar-refractivity contribution >= 4 is 11.3 Å². The summed E-state index contributed by atoms with van der Waals surface area (Å²) in [5.41, 5.74) is 1.28. The van der Waals surface area contributed by atoms with Crippen LogP contribution in [0.15, 0.2) is 6.07 Å². The van der Waals surface area contributed by atoms with Crippen LogP contribution in [-0.4, -0.2) is 5.11 Å². The van der Waals surface area contributed by atoms with E-state index in [0.29, 0.717) is 5.92 Å². The van der Waals surface area contributed by atoms with Crippen molar-refractivity contribution in [3.05, 3.63) is 21.4 Å². The Hall–Kier alpha value is -0.340. The van der Waals surface area contributed by atoms with Crippen molar-refractivity contribution in [3.63, 3.8) is 0 Å². The molecule has 1 heterocycles. The molecule has 0 bridgehead atoms. The van der Waals surface area contributed by atoms with Crippen LogP contribution in [0.2, 0.25) is 0 Å². The highest BCUT2D eigenvalue weighted by atomic mass is 32.1. The molecule has 3 atom stereocenters. The lowest BCUT2D eigenvalue weighted by molar-refractivity contribution is 0.107. The highest BCUT2D eigenvalue weighted by Gasteiger charge is 2.48. The monoisotopic (exact) mass is 222 g/mol. The molecule has 2 fully saturated rings. The van der Waals surface area contributed by atoms with Crippen LogP contribution in [-0.2, 0) is 0 Å². The second-order valence-electron chi connectivity index (χ2n) is 5.34. The van der Waals surface area contributed by atoms with E-state index in [4.69, 9.17) is 0 Å². The van der Waals surface area contributed by atoms with E-state index >= 15 is 0 Å². The lowest BCUT2D eigenvalue weighted by Crippen LogP contribution is -2.10. The van der Waals surface area contributed by atoms with E-state index < -0.39 is 0 Å². The van der Waals surface area contributed by atoms with E-state index in [2.05, 4.69) is 19.9 Å². The van der Waals surface area contributed by atoms with Gasteiger partial charge in [0.05, 0.1) is 6.10 Å². The number of aliphatic hydroxyl groups excluding tert-OH is 1. The van der Waals surface area contributed by atoms with Crippen LogP contribution in [0.1, 0.15) is 40.7 Å². The van der Waals surface area contributed by atoms with Crippen LogP contribution in [0.25, 0.3) is 0 Å². The highest BCUT2D eigenvalue weighted by molar-refractivity contribution is 7.12. The summed E-state index contributed by atoms with van der Waals surface area (Å²) in [5, 5.41) is 10.4. The smallest absolute Gasteiger partial charge is 0.0912 e. The van der Waals surface area contributed by atoms with Gasteiger partial charge >= 0.3 is 0 Å². The molecule has 0 aliphatic heterocycles. The number of thiophene rings is 1. The van der Waals surface area contributed by atoms with Gasteiger partial charge in [0.2, 0.25) is 0 Å². The quantitative estimate of drug-likeness (QED) is 0.812. The standard InChI is InChI=1S/C13H18OS/c1-7-3-8(2)15-13(7)12(14)11-5-9-4-10(9)6-11/h3,9-12,14H,4-6H2,1-2H3. The fourth-order valence-electron chi connectivity index (χ4n) is 3.19. The summed E-state index contributed by atoms with van der Waals surface area (Å²) < 4.78 is 0. The number of rotatable bonds is 2. The summed E-state index contributed by atoms with van der Waals surface area (Å²) in [7, 11) is 0. The second kappa shape index (κ2) is 3.33. The van der Waals surface area contributed by atoms with Gasteiger partial charge in [-0.1, -0.05) is 0 Å². The van der Waals surface area contributed by atoms with Crippen LogP contribution in [0.3, 0.4) is 0 Å². The summed E-state index contributed by atoms with van der Waals surface area (Å²) in [6, 6.07) is 2.19. The minimum Gasteiger partial charge on any atom is -0.387 e. The molecule has 2 aliphatic rings. The maximum atomic E-state index is 10.4. The van der Waals surface area contributed by atoms with Gasteiger partial charge in [-0.15, -0.1) is 11.3 Å². The molecular formula is C13H18OS. The summed E-state index contributed by atoms with van der Waals surface area (Å²) in [6.07, 6.45) is 3.78. The SMILES string of the molecule is Cc1cc(C)c(C(O)C2CC3CC3C2)s1. The number of aryl methyl sites for hydroxylation is 2. The van der Waals surface area contributed by atoms with Crippen molar-refractivity contribution in [2.45, 2.75) is 39.2 Å². The van der Waals surface area contributed by atoms with Crippen LogP contribution >= 0.6 is 11.3 Å². The van der Waals surface area contributed by atoms with E-state index in [1.165, 1.54) is 34.6 Å². The highest BCUT2D eigenvalue weighted by Crippen LogP contribution is 2.57. The van der Waals surface area contributed by atoms with Gasteiger partial charge in [0.15, 0.2) is 0 Å². The average molecular weight is 222 g/mol. The first-order valence-corrected chi connectivity index (χ1v) is 6.72. The molecule has 82 valence electrons. The third-order valence-corrected chi connectivity index (χ3v) is 5.30. The maximum absolute atomic E-state index is 10.4. The van der Waals surface area contributed by atoms with Gasteiger partial charge in [0.25, 0.3) is 0 Å². The van der Waals surface area contributed by atoms with Gasteiger partial charge in [-0.05, 0) is 62.5 Å². The number of aliphatic hydroxyl groups is 1. The molecule has 2 saturated carbocycles. The topological polar surface area (TPSA) is 20.2 Å². The molecule has 1 aromatic heterocycles. The minimum atomic E-state index is -0.184. The lowest BCUT2D eigenvalue weighted by Gasteiger charge is -2.19. The normalized spacial score (nSPS) is 35.3. The van der Waals surface area contributed by atoms with Gasteiger partial charge in [-0.3, -0.25) is 0 Å². The molecule has 3 unspecified atom stereocenters. The van der Waals surface area contributed by atoms with E-state index in [0.717, 1.165) is 11.8 Å². The molecule has 0 aromatic carbocycles. The zero-order valence-electron chi connectivity index (χ0n) is 9.36. The first-order chi connectivity index (χ1) is 7.15. The zero-order valence-corrected chi connectivity index (χ0v) is 10.2. The fourth-order valence-corrected chi connectivity index (χ4v) is 4.30. The molecule has 0 amide bonds. The van der Waals surface area contributed by atoms with Crippen LogP contribution in [0.4, 0.5) is 0 Å². The lowest BCUT2D eigenvalue weighted by atomic mass is 9.94. The molecule has 2 heteroatoms. The largest absolute Gasteiger partial charge is 0.387 e. The van der Waals surface area contributed by atoms with Gasteiger partial charge in [0, 0.05) is 9.75 Å². The van der Waals surface area contributed by atoms with Crippen molar-refractivity contribution in [2.24, 2.45) is 17.8 Å². The van der Waals surface area contributed by atoms with Crippen LogP contribution in [0.5, 0.6) is 0 Å². The van der Waals surface area contributed by atoms with Gasteiger partial charge in [0.1, 0.15) is 0 Å². The van der Waals surface area contributed by atoms with Crippen molar-refractivity contribution in [2.75, 3.05) is 0 Å². The summed E-state index contributed by atoms with van der Waals surface area (Å²) in [4.78, 5) is 2.54. The Kier molecular flexibility index (Phi) is 2.18. The Bertz CT molecular complexity index is 372.